The molecule has 0 spiro atoms. The summed E-state index contributed by atoms with van der Waals surface area (Å²) in [5.74, 6) is 2.62. The van der Waals surface area contributed by atoms with E-state index in [1.165, 1.54) is 11.3 Å². The van der Waals surface area contributed by atoms with Gasteiger partial charge < -0.3 is 8.83 Å². The predicted molar refractivity (Wildman–Crippen MR) is 104 cm³/mol. The molecule has 0 saturated carbocycles. The molecule has 0 aliphatic carbocycles. The molecule has 0 amide bonds. The van der Waals surface area contributed by atoms with Gasteiger partial charge in [0, 0.05) is 5.56 Å². The molecule has 4 heterocycles. The lowest BCUT2D eigenvalue weighted by molar-refractivity contribution is 0.535. The Bertz CT molecular complexity index is 1280. The molecule has 1 aromatic carbocycles. The second kappa shape index (κ2) is 6.23. The zero-order valence-corrected chi connectivity index (χ0v) is 16.1. The summed E-state index contributed by atoms with van der Waals surface area (Å²) < 4.78 is 13.0. The molecule has 0 fully saturated rings. The van der Waals surface area contributed by atoms with Crippen LogP contribution in [0.15, 0.2) is 51.5 Å². The van der Waals surface area contributed by atoms with Gasteiger partial charge in [-0.15, -0.1) is 15.3 Å². The first-order valence-electron chi connectivity index (χ1n) is 7.93. The third kappa shape index (κ3) is 2.66. The van der Waals surface area contributed by atoms with Crippen LogP contribution in [0.25, 0.3) is 38.4 Å². The molecule has 9 heteroatoms. The van der Waals surface area contributed by atoms with Crippen LogP contribution in [0, 0.1) is 6.92 Å². The summed E-state index contributed by atoms with van der Waals surface area (Å²) in [6, 6.07) is 11.0. The number of hydrogen-bond acceptors (Lipinski definition) is 6. The average molecular weight is 417 g/mol. The third-order valence-electron chi connectivity index (χ3n) is 4.12. The molecule has 5 aromatic rings. The van der Waals surface area contributed by atoms with E-state index in [0.717, 1.165) is 16.9 Å². The van der Waals surface area contributed by atoms with Gasteiger partial charge in [-0.2, -0.15) is 4.52 Å². The summed E-state index contributed by atoms with van der Waals surface area (Å²) >= 11 is 13.8. The van der Waals surface area contributed by atoms with Crippen molar-refractivity contribution < 1.29 is 8.83 Å². The van der Waals surface area contributed by atoms with Gasteiger partial charge >= 0.3 is 0 Å². The quantitative estimate of drug-likeness (QED) is 0.361. The number of benzene rings is 1. The number of aryl methyl sites for hydroxylation is 1. The fourth-order valence-corrected chi connectivity index (χ4v) is 3.99. The van der Waals surface area contributed by atoms with Gasteiger partial charge in [-0.3, -0.25) is 0 Å². The Labute approximate surface area is 167 Å². The van der Waals surface area contributed by atoms with Crippen LogP contribution in [0.4, 0.5) is 0 Å². The van der Waals surface area contributed by atoms with Crippen LogP contribution in [0.1, 0.15) is 5.76 Å². The molecular weight excluding hydrogens is 407 g/mol. The first-order chi connectivity index (χ1) is 13.1. The Morgan fingerprint density at radius 3 is 2.67 bits per heavy atom. The molecule has 0 atom stereocenters. The zero-order valence-electron chi connectivity index (χ0n) is 13.8. The molecule has 0 radical (unpaired) electrons. The maximum atomic E-state index is 6.29. The van der Waals surface area contributed by atoms with Gasteiger partial charge in [0.2, 0.25) is 4.96 Å². The summed E-state index contributed by atoms with van der Waals surface area (Å²) in [6.07, 6.45) is 1.62. The predicted octanol–water partition coefficient (Wildman–Crippen LogP) is 5.99. The van der Waals surface area contributed by atoms with Gasteiger partial charge in [-0.25, -0.2) is 0 Å². The largest absolute Gasteiger partial charge is 0.469 e. The van der Waals surface area contributed by atoms with Crippen LogP contribution < -0.4 is 0 Å². The average Bonchev–Trinajstić information content (AvgIpc) is 3.40. The Balaban J connectivity index is 1.57. The van der Waals surface area contributed by atoms with E-state index in [0.29, 0.717) is 37.4 Å². The van der Waals surface area contributed by atoms with Gasteiger partial charge in [-0.1, -0.05) is 40.6 Å². The molecule has 5 rings (SSSR count). The van der Waals surface area contributed by atoms with E-state index < -0.39 is 0 Å². The van der Waals surface area contributed by atoms with E-state index in [2.05, 4.69) is 15.3 Å². The molecule has 27 heavy (non-hydrogen) atoms. The first-order valence-corrected chi connectivity index (χ1v) is 9.50. The smallest absolute Gasteiger partial charge is 0.235 e. The topological polar surface area (TPSA) is 69.4 Å². The van der Waals surface area contributed by atoms with Crippen molar-refractivity contribution >= 4 is 39.5 Å². The molecule has 134 valence electrons. The SMILES string of the molecule is Cc1occc1-c1nnc2sc(-c3ccc(-c4cccc(Cl)c4Cl)o3)nn12. The van der Waals surface area contributed by atoms with Crippen molar-refractivity contribution in [2.24, 2.45) is 0 Å². The summed E-state index contributed by atoms with van der Waals surface area (Å²) in [5.41, 5.74) is 1.58. The lowest BCUT2D eigenvalue weighted by atomic mass is 10.2. The Hall–Kier alpha value is -2.61. The van der Waals surface area contributed by atoms with Crippen molar-refractivity contribution in [3.63, 3.8) is 0 Å². The Morgan fingerprint density at radius 2 is 1.85 bits per heavy atom. The molecule has 0 aliphatic heterocycles. The minimum absolute atomic E-state index is 0.455. The van der Waals surface area contributed by atoms with Crippen molar-refractivity contribution in [3.05, 3.63) is 58.5 Å². The van der Waals surface area contributed by atoms with E-state index in [9.17, 15) is 0 Å². The molecule has 0 N–H and O–H groups in total. The summed E-state index contributed by atoms with van der Waals surface area (Å²) in [7, 11) is 0. The van der Waals surface area contributed by atoms with E-state index in [4.69, 9.17) is 32.0 Å². The second-order valence-electron chi connectivity index (χ2n) is 5.78. The molecule has 0 saturated heterocycles. The van der Waals surface area contributed by atoms with E-state index in [1.54, 1.807) is 16.8 Å². The van der Waals surface area contributed by atoms with Crippen molar-refractivity contribution in [1.82, 2.24) is 19.8 Å². The van der Waals surface area contributed by atoms with Crippen LogP contribution in [-0.4, -0.2) is 19.8 Å². The zero-order chi connectivity index (χ0) is 18.5. The number of aromatic nitrogens is 4. The van der Waals surface area contributed by atoms with E-state index >= 15 is 0 Å². The maximum Gasteiger partial charge on any atom is 0.235 e. The monoisotopic (exact) mass is 416 g/mol. The number of rotatable bonds is 3. The van der Waals surface area contributed by atoms with Crippen LogP contribution in [0.5, 0.6) is 0 Å². The highest BCUT2D eigenvalue weighted by Gasteiger charge is 2.19. The number of nitrogens with zero attached hydrogens (tertiary/aromatic N) is 4. The van der Waals surface area contributed by atoms with Gasteiger partial charge in [0.25, 0.3) is 0 Å². The number of fused-ring (bicyclic) bond motifs is 1. The molecule has 4 aromatic heterocycles. The van der Waals surface area contributed by atoms with E-state index in [1.807, 2.05) is 37.3 Å². The third-order valence-corrected chi connectivity index (χ3v) is 5.86. The van der Waals surface area contributed by atoms with Gasteiger partial charge in [0.05, 0.1) is 21.9 Å². The number of halogens is 2. The molecule has 0 unspecified atom stereocenters. The maximum absolute atomic E-state index is 6.29. The van der Waals surface area contributed by atoms with Crippen LogP contribution >= 0.6 is 34.5 Å². The van der Waals surface area contributed by atoms with Crippen molar-refractivity contribution in [2.45, 2.75) is 6.92 Å². The fourth-order valence-electron chi connectivity index (χ4n) is 2.79. The fraction of sp³-hybridized carbons (Fsp3) is 0.0556. The van der Waals surface area contributed by atoms with Crippen molar-refractivity contribution in [3.8, 4) is 33.5 Å². The summed E-state index contributed by atoms with van der Waals surface area (Å²) in [5, 5.41) is 14.6. The van der Waals surface area contributed by atoms with Crippen LogP contribution in [0.2, 0.25) is 10.0 Å². The van der Waals surface area contributed by atoms with E-state index in [-0.39, 0.29) is 0 Å². The number of hydrogen-bond donors (Lipinski definition) is 0. The minimum atomic E-state index is 0.455. The minimum Gasteiger partial charge on any atom is -0.469 e. The van der Waals surface area contributed by atoms with Crippen molar-refractivity contribution in [2.75, 3.05) is 0 Å². The normalized spacial score (nSPS) is 11.5. The van der Waals surface area contributed by atoms with Gasteiger partial charge in [0.15, 0.2) is 16.6 Å². The highest BCUT2D eigenvalue weighted by Crippen LogP contribution is 2.37. The summed E-state index contributed by atoms with van der Waals surface area (Å²) in [6.45, 7) is 1.87. The number of furan rings is 2. The Kier molecular flexibility index (Phi) is 3.82. The van der Waals surface area contributed by atoms with Gasteiger partial charge in [0.1, 0.15) is 11.5 Å². The standard InChI is InChI=1S/C18H10Cl2N4O2S/c1-9-10(7-8-25-9)16-21-22-18-24(16)23-17(27-18)14-6-5-13(26-14)11-3-2-4-12(19)15(11)20/h2-8H,1H3. The Morgan fingerprint density at radius 1 is 1.00 bits per heavy atom. The van der Waals surface area contributed by atoms with Crippen LogP contribution in [0.3, 0.4) is 0 Å². The van der Waals surface area contributed by atoms with Crippen molar-refractivity contribution in [1.29, 1.82) is 0 Å². The highest BCUT2D eigenvalue weighted by atomic mass is 35.5. The molecule has 0 aliphatic rings. The second-order valence-corrected chi connectivity index (χ2v) is 7.52. The summed E-state index contributed by atoms with van der Waals surface area (Å²) in [4.78, 5) is 0.666. The van der Waals surface area contributed by atoms with Crippen LogP contribution in [-0.2, 0) is 0 Å². The lowest BCUT2D eigenvalue weighted by Gasteiger charge is -2.01. The molecule has 0 bridgehead atoms. The highest BCUT2D eigenvalue weighted by molar-refractivity contribution is 7.19. The first kappa shape index (κ1) is 16.6. The molecular formula is C18H10Cl2N4O2S. The van der Waals surface area contributed by atoms with Gasteiger partial charge in [-0.05, 0) is 37.3 Å². The molecule has 6 nitrogen and oxygen atoms in total. The lowest BCUT2D eigenvalue weighted by Crippen LogP contribution is -1.90.